The maximum Gasteiger partial charge on any atom is 0.318 e. The third-order valence-corrected chi connectivity index (χ3v) is 4.70. The Balaban J connectivity index is 2.00. The molecule has 0 radical (unpaired) electrons. The number of hydrogen-bond donors (Lipinski definition) is 1. The van der Waals surface area contributed by atoms with Gasteiger partial charge in [-0.2, -0.15) is 0 Å². The van der Waals surface area contributed by atoms with Crippen molar-refractivity contribution in [2.75, 3.05) is 19.6 Å². The molecule has 0 saturated heterocycles. The summed E-state index contributed by atoms with van der Waals surface area (Å²) in [6.07, 6.45) is 5.99. The number of aromatic nitrogens is 1. The standard InChI is InChI=1S/C20H34N4O2/c1-5-6-11-21-20(26)24(17-9-10-17)15-19(25)23(13-16(2)3)14-18-8-7-12-22(18)4/h7-8,12,16-17H,5-6,9-11,13-15H2,1-4H3,(H,21,26). The van der Waals surface area contributed by atoms with Crippen LogP contribution < -0.4 is 5.32 Å². The zero-order valence-corrected chi connectivity index (χ0v) is 16.7. The van der Waals surface area contributed by atoms with Gasteiger partial charge in [0.25, 0.3) is 0 Å². The van der Waals surface area contributed by atoms with Gasteiger partial charge < -0.3 is 19.7 Å². The molecule has 6 nitrogen and oxygen atoms in total. The van der Waals surface area contributed by atoms with Crippen molar-refractivity contribution in [2.45, 2.75) is 59.0 Å². The Hall–Kier alpha value is -1.98. The van der Waals surface area contributed by atoms with Gasteiger partial charge in [0.1, 0.15) is 6.54 Å². The van der Waals surface area contributed by atoms with E-state index in [0.29, 0.717) is 25.6 Å². The summed E-state index contributed by atoms with van der Waals surface area (Å²) in [7, 11) is 1.99. The molecule has 1 fully saturated rings. The molecule has 26 heavy (non-hydrogen) atoms. The van der Waals surface area contributed by atoms with Crippen LogP contribution in [0.1, 0.15) is 52.1 Å². The van der Waals surface area contributed by atoms with Gasteiger partial charge in [-0.3, -0.25) is 4.79 Å². The second-order valence-corrected chi connectivity index (χ2v) is 7.72. The van der Waals surface area contributed by atoms with Crippen LogP contribution in [0.25, 0.3) is 0 Å². The minimum Gasteiger partial charge on any atom is -0.353 e. The molecule has 1 saturated carbocycles. The van der Waals surface area contributed by atoms with Gasteiger partial charge in [-0.05, 0) is 37.3 Å². The summed E-state index contributed by atoms with van der Waals surface area (Å²) < 4.78 is 2.04. The smallest absolute Gasteiger partial charge is 0.318 e. The molecule has 0 spiro atoms. The second kappa shape index (κ2) is 9.64. The summed E-state index contributed by atoms with van der Waals surface area (Å²) in [6.45, 7) is 8.44. The first-order valence-electron chi connectivity index (χ1n) is 9.84. The van der Waals surface area contributed by atoms with E-state index in [0.717, 1.165) is 31.4 Å². The van der Waals surface area contributed by atoms with Gasteiger partial charge >= 0.3 is 6.03 Å². The van der Waals surface area contributed by atoms with Crippen LogP contribution in [0.5, 0.6) is 0 Å². The van der Waals surface area contributed by atoms with E-state index in [-0.39, 0.29) is 24.5 Å². The number of urea groups is 1. The van der Waals surface area contributed by atoms with Crippen LogP contribution in [0.15, 0.2) is 18.3 Å². The molecule has 1 aromatic rings. The zero-order valence-electron chi connectivity index (χ0n) is 16.7. The lowest BCUT2D eigenvalue weighted by Gasteiger charge is -2.29. The molecular weight excluding hydrogens is 328 g/mol. The van der Waals surface area contributed by atoms with Crippen LogP contribution in [0, 0.1) is 5.92 Å². The minimum atomic E-state index is -0.0994. The normalized spacial score (nSPS) is 13.7. The third-order valence-electron chi connectivity index (χ3n) is 4.70. The molecule has 2 rings (SSSR count). The fourth-order valence-corrected chi connectivity index (χ4v) is 3.02. The van der Waals surface area contributed by atoms with Crippen LogP contribution in [0.3, 0.4) is 0 Å². The molecule has 0 bridgehead atoms. The fraction of sp³-hybridized carbons (Fsp3) is 0.700. The Morgan fingerprint density at radius 2 is 2.08 bits per heavy atom. The fourth-order valence-electron chi connectivity index (χ4n) is 3.02. The Labute approximate surface area is 157 Å². The van der Waals surface area contributed by atoms with Crippen molar-refractivity contribution in [3.63, 3.8) is 0 Å². The van der Waals surface area contributed by atoms with Gasteiger partial charge in [0.15, 0.2) is 0 Å². The van der Waals surface area contributed by atoms with Gasteiger partial charge in [0.2, 0.25) is 5.91 Å². The lowest BCUT2D eigenvalue weighted by molar-refractivity contribution is -0.133. The monoisotopic (exact) mass is 362 g/mol. The molecule has 0 aromatic carbocycles. The second-order valence-electron chi connectivity index (χ2n) is 7.72. The maximum absolute atomic E-state index is 13.0. The highest BCUT2D eigenvalue weighted by molar-refractivity contribution is 5.84. The Morgan fingerprint density at radius 1 is 1.35 bits per heavy atom. The van der Waals surface area contributed by atoms with E-state index < -0.39 is 0 Å². The molecule has 0 unspecified atom stereocenters. The number of nitrogens with zero attached hydrogens (tertiary/aromatic N) is 3. The highest BCUT2D eigenvalue weighted by Gasteiger charge is 2.34. The van der Waals surface area contributed by atoms with Gasteiger partial charge in [-0.15, -0.1) is 0 Å². The predicted octanol–water partition coefficient (Wildman–Crippen LogP) is 2.98. The van der Waals surface area contributed by atoms with E-state index in [1.54, 1.807) is 4.90 Å². The van der Waals surface area contributed by atoms with E-state index in [1.807, 2.05) is 34.8 Å². The summed E-state index contributed by atoms with van der Waals surface area (Å²) in [4.78, 5) is 29.1. The van der Waals surface area contributed by atoms with E-state index in [4.69, 9.17) is 0 Å². The van der Waals surface area contributed by atoms with Crippen molar-refractivity contribution >= 4 is 11.9 Å². The van der Waals surface area contributed by atoms with E-state index >= 15 is 0 Å². The summed E-state index contributed by atoms with van der Waals surface area (Å²) in [5, 5.41) is 2.96. The number of unbranched alkanes of at least 4 members (excludes halogenated alkanes) is 1. The molecule has 1 aromatic heterocycles. The summed E-state index contributed by atoms with van der Waals surface area (Å²) in [5.74, 6) is 0.407. The maximum atomic E-state index is 13.0. The first-order valence-corrected chi connectivity index (χ1v) is 9.84. The molecule has 1 heterocycles. The highest BCUT2D eigenvalue weighted by atomic mass is 16.2. The van der Waals surface area contributed by atoms with E-state index in [1.165, 1.54) is 0 Å². The third kappa shape index (κ3) is 6.07. The van der Waals surface area contributed by atoms with Gasteiger partial charge in [-0.1, -0.05) is 27.2 Å². The number of hydrogen-bond acceptors (Lipinski definition) is 2. The number of carbonyl (C=O) groups is 2. The molecule has 146 valence electrons. The van der Waals surface area contributed by atoms with Crippen molar-refractivity contribution in [3.05, 3.63) is 24.0 Å². The van der Waals surface area contributed by atoms with Crippen molar-refractivity contribution < 1.29 is 9.59 Å². The number of nitrogens with one attached hydrogen (secondary N) is 1. The molecule has 0 aliphatic heterocycles. The SMILES string of the molecule is CCCCNC(=O)N(CC(=O)N(Cc1cccn1C)CC(C)C)C1CC1. The average Bonchev–Trinajstić information content (AvgIpc) is 3.35. The van der Waals surface area contributed by atoms with Gasteiger partial charge in [0, 0.05) is 38.1 Å². The van der Waals surface area contributed by atoms with E-state index in [9.17, 15) is 9.59 Å². The van der Waals surface area contributed by atoms with Gasteiger partial charge in [-0.25, -0.2) is 4.79 Å². The molecule has 1 aliphatic rings. The zero-order chi connectivity index (χ0) is 19.1. The van der Waals surface area contributed by atoms with Crippen molar-refractivity contribution in [1.29, 1.82) is 0 Å². The van der Waals surface area contributed by atoms with Crippen LogP contribution in [-0.4, -0.2) is 52.0 Å². The number of rotatable bonds is 10. The Kier molecular flexibility index (Phi) is 7.54. The summed E-state index contributed by atoms with van der Waals surface area (Å²) in [5.41, 5.74) is 1.10. The molecule has 1 N–H and O–H groups in total. The first-order chi connectivity index (χ1) is 12.4. The lowest BCUT2D eigenvalue weighted by Crippen LogP contribution is -2.48. The van der Waals surface area contributed by atoms with Crippen molar-refractivity contribution in [3.8, 4) is 0 Å². The summed E-state index contributed by atoms with van der Waals surface area (Å²) >= 11 is 0. The summed E-state index contributed by atoms with van der Waals surface area (Å²) in [6, 6.07) is 4.15. The Morgan fingerprint density at radius 3 is 2.62 bits per heavy atom. The lowest BCUT2D eigenvalue weighted by atomic mass is 10.2. The largest absolute Gasteiger partial charge is 0.353 e. The number of aryl methyl sites for hydroxylation is 1. The number of carbonyl (C=O) groups excluding carboxylic acids is 2. The van der Waals surface area contributed by atoms with Gasteiger partial charge in [0.05, 0.1) is 6.54 Å². The molecule has 1 aliphatic carbocycles. The van der Waals surface area contributed by atoms with E-state index in [2.05, 4.69) is 26.1 Å². The van der Waals surface area contributed by atoms with Crippen molar-refractivity contribution in [1.82, 2.24) is 19.7 Å². The van der Waals surface area contributed by atoms with Crippen molar-refractivity contribution in [2.24, 2.45) is 13.0 Å². The Bertz CT molecular complexity index is 592. The predicted molar refractivity (Wildman–Crippen MR) is 104 cm³/mol. The molecule has 0 atom stereocenters. The highest BCUT2D eigenvalue weighted by Crippen LogP contribution is 2.27. The molecular formula is C20H34N4O2. The quantitative estimate of drug-likeness (QED) is 0.651. The first kappa shape index (κ1) is 20.3. The van der Waals surface area contributed by atoms with Crippen LogP contribution >= 0.6 is 0 Å². The minimum absolute atomic E-state index is 0.0254. The number of amides is 3. The molecule has 3 amide bonds. The average molecular weight is 363 g/mol. The van der Waals surface area contributed by atoms with Crippen LogP contribution in [0.2, 0.25) is 0 Å². The van der Waals surface area contributed by atoms with Crippen LogP contribution in [0.4, 0.5) is 4.79 Å². The van der Waals surface area contributed by atoms with Crippen LogP contribution in [-0.2, 0) is 18.4 Å². The topological polar surface area (TPSA) is 57.6 Å². The molecule has 6 heteroatoms.